The Balaban J connectivity index is 1.80. The lowest BCUT2D eigenvalue weighted by molar-refractivity contribution is -0.00549. The minimum absolute atomic E-state index is 0.129. The summed E-state index contributed by atoms with van der Waals surface area (Å²) in [6.45, 7) is 0.424. The molecule has 1 aliphatic rings. The highest BCUT2D eigenvalue weighted by atomic mass is 16.6. The summed E-state index contributed by atoms with van der Waals surface area (Å²) in [6, 6.07) is -0.349. The first-order valence-electron chi connectivity index (χ1n) is 5.04. The van der Waals surface area contributed by atoms with Gasteiger partial charge in [-0.1, -0.05) is 5.16 Å². The van der Waals surface area contributed by atoms with Crippen molar-refractivity contribution in [2.75, 3.05) is 13.7 Å². The minimum Gasteiger partial charge on any atom is -0.452 e. The van der Waals surface area contributed by atoms with Gasteiger partial charge in [-0.05, 0) is 19.3 Å². The van der Waals surface area contributed by atoms with Crippen molar-refractivity contribution in [2.24, 2.45) is 5.73 Å². The van der Waals surface area contributed by atoms with Gasteiger partial charge in [0.25, 0.3) is 0 Å². The van der Waals surface area contributed by atoms with Gasteiger partial charge in [0, 0.05) is 0 Å². The van der Waals surface area contributed by atoms with E-state index in [2.05, 4.69) is 10.1 Å². The molecule has 1 unspecified atom stereocenters. The van der Waals surface area contributed by atoms with Crippen LogP contribution in [0.4, 0.5) is 0 Å². The van der Waals surface area contributed by atoms with Crippen LogP contribution in [0, 0.1) is 0 Å². The second-order valence-corrected chi connectivity index (χ2v) is 3.62. The van der Waals surface area contributed by atoms with Gasteiger partial charge in [0.1, 0.15) is 0 Å². The summed E-state index contributed by atoms with van der Waals surface area (Å²) in [5.41, 5.74) is 5.82. The molecular formula is C9H15N3O3. The Morgan fingerprint density at radius 1 is 1.60 bits per heavy atom. The molecule has 1 atom stereocenters. The van der Waals surface area contributed by atoms with Crippen LogP contribution in [0.3, 0.4) is 0 Å². The first kappa shape index (κ1) is 10.4. The molecule has 0 spiro atoms. The molecule has 6 heteroatoms. The number of nitrogens with zero attached hydrogens (tertiary/aromatic N) is 2. The Labute approximate surface area is 87.7 Å². The van der Waals surface area contributed by atoms with E-state index >= 15 is 0 Å². The molecule has 2 rings (SSSR count). The van der Waals surface area contributed by atoms with E-state index in [-0.39, 0.29) is 12.1 Å². The maximum absolute atomic E-state index is 5.82. The molecule has 1 saturated carbocycles. The third-order valence-electron chi connectivity index (χ3n) is 2.49. The summed E-state index contributed by atoms with van der Waals surface area (Å²) in [6.07, 6.45) is 3.99. The summed E-state index contributed by atoms with van der Waals surface area (Å²) in [5.74, 6) is 0.422. The summed E-state index contributed by atoms with van der Waals surface area (Å²) in [7, 11) is 1.47. The van der Waals surface area contributed by atoms with E-state index in [0.29, 0.717) is 18.5 Å². The Morgan fingerprint density at radius 3 is 2.93 bits per heavy atom. The largest absolute Gasteiger partial charge is 0.452 e. The van der Waals surface area contributed by atoms with Gasteiger partial charge >= 0.3 is 6.08 Å². The number of hydrogen-bond donors (Lipinski definition) is 1. The van der Waals surface area contributed by atoms with Crippen molar-refractivity contribution < 1.29 is 14.0 Å². The van der Waals surface area contributed by atoms with E-state index in [1.807, 2.05) is 0 Å². The standard InChI is InChI=1S/C9H15N3O3/c1-13-9-11-8(12-15-9)7(10)5-14-6-3-2-4-6/h6-7H,2-5,10H2,1H3. The fourth-order valence-electron chi connectivity index (χ4n) is 1.31. The highest BCUT2D eigenvalue weighted by Gasteiger charge is 2.21. The average Bonchev–Trinajstić information content (AvgIpc) is 2.63. The van der Waals surface area contributed by atoms with Crippen LogP contribution in [0.15, 0.2) is 4.52 Å². The highest BCUT2D eigenvalue weighted by Crippen LogP contribution is 2.23. The van der Waals surface area contributed by atoms with Crippen molar-refractivity contribution in [3.8, 4) is 6.08 Å². The molecule has 15 heavy (non-hydrogen) atoms. The molecule has 1 aliphatic carbocycles. The van der Waals surface area contributed by atoms with Crippen molar-refractivity contribution in [1.82, 2.24) is 10.1 Å². The zero-order chi connectivity index (χ0) is 10.7. The predicted molar refractivity (Wildman–Crippen MR) is 51.4 cm³/mol. The first-order valence-corrected chi connectivity index (χ1v) is 5.04. The SMILES string of the molecule is COc1nc(C(N)COC2CCC2)no1. The molecule has 2 N–H and O–H groups in total. The highest BCUT2D eigenvalue weighted by molar-refractivity contribution is 4.95. The van der Waals surface area contributed by atoms with Gasteiger partial charge < -0.3 is 15.2 Å². The molecule has 0 bridgehead atoms. The van der Waals surface area contributed by atoms with Crippen LogP contribution in [0.2, 0.25) is 0 Å². The monoisotopic (exact) mass is 213 g/mol. The summed E-state index contributed by atoms with van der Waals surface area (Å²) < 4.78 is 15.1. The van der Waals surface area contributed by atoms with Crippen LogP contribution >= 0.6 is 0 Å². The number of rotatable bonds is 5. The van der Waals surface area contributed by atoms with E-state index in [0.717, 1.165) is 12.8 Å². The molecule has 0 aliphatic heterocycles. The second-order valence-electron chi connectivity index (χ2n) is 3.62. The van der Waals surface area contributed by atoms with Crippen molar-refractivity contribution in [1.29, 1.82) is 0 Å². The Bertz CT molecular complexity index is 311. The molecule has 1 aromatic rings. The van der Waals surface area contributed by atoms with Crippen LogP contribution in [0.25, 0.3) is 0 Å². The van der Waals surface area contributed by atoms with Crippen molar-refractivity contribution in [2.45, 2.75) is 31.4 Å². The van der Waals surface area contributed by atoms with Gasteiger partial charge in [-0.2, -0.15) is 4.98 Å². The maximum atomic E-state index is 5.82. The molecule has 0 saturated heterocycles. The number of ether oxygens (including phenoxy) is 2. The lowest BCUT2D eigenvalue weighted by Crippen LogP contribution is -2.27. The topological polar surface area (TPSA) is 83.4 Å². The van der Waals surface area contributed by atoms with Crippen LogP contribution in [0.1, 0.15) is 31.1 Å². The van der Waals surface area contributed by atoms with Crippen molar-refractivity contribution >= 4 is 0 Å². The normalized spacial score (nSPS) is 18.5. The fourth-order valence-corrected chi connectivity index (χ4v) is 1.31. The number of aromatic nitrogens is 2. The molecule has 1 heterocycles. The first-order chi connectivity index (χ1) is 7.29. The Morgan fingerprint density at radius 2 is 2.40 bits per heavy atom. The van der Waals surface area contributed by atoms with Gasteiger partial charge in [0.05, 0.1) is 25.9 Å². The van der Waals surface area contributed by atoms with E-state index < -0.39 is 0 Å². The molecule has 1 aromatic heterocycles. The van der Waals surface area contributed by atoms with Crippen molar-refractivity contribution in [3.63, 3.8) is 0 Å². The van der Waals surface area contributed by atoms with Crippen LogP contribution < -0.4 is 10.5 Å². The molecule has 1 fully saturated rings. The quantitative estimate of drug-likeness (QED) is 0.773. The van der Waals surface area contributed by atoms with Gasteiger partial charge in [-0.15, -0.1) is 0 Å². The van der Waals surface area contributed by atoms with Crippen LogP contribution in [0.5, 0.6) is 6.08 Å². The van der Waals surface area contributed by atoms with E-state index in [9.17, 15) is 0 Å². The van der Waals surface area contributed by atoms with E-state index in [1.165, 1.54) is 13.5 Å². The molecule has 0 amide bonds. The Hall–Kier alpha value is -1.14. The van der Waals surface area contributed by atoms with Gasteiger partial charge in [0.15, 0.2) is 5.82 Å². The van der Waals surface area contributed by atoms with Gasteiger partial charge in [-0.3, -0.25) is 4.52 Å². The second kappa shape index (κ2) is 4.59. The maximum Gasteiger partial charge on any atom is 0.417 e. The molecule has 6 nitrogen and oxygen atoms in total. The number of hydrogen-bond acceptors (Lipinski definition) is 6. The molecule has 84 valence electrons. The number of nitrogens with two attached hydrogens (primary N) is 1. The molecule has 0 radical (unpaired) electrons. The molecular weight excluding hydrogens is 198 g/mol. The zero-order valence-electron chi connectivity index (χ0n) is 8.68. The van der Waals surface area contributed by atoms with Crippen LogP contribution in [-0.4, -0.2) is 30.0 Å². The van der Waals surface area contributed by atoms with E-state index in [1.54, 1.807) is 0 Å². The van der Waals surface area contributed by atoms with Gasteiger partial charge in [-0.25, -0.2) is 0 Å². The third kappa shape index (κ3) is 2.45. The van der Waals surface area contributed by atoms with Gasteiger partial charge in [0.2, 0.25) is 0 Å². The smallest absolute Gasteiger partial charge is 0.417 e. The minimum atomic E-state index is -0.349. The molecule has 0 aromatic carbocycles. The average molecular weight is 213 g/mol. The third-order valence-corrected chi connectivity index (χ3v) is 2.49. The van der Waals surface area contributed by atoms with E-state index in [4.69, 9.17) is 19.7 Å². The number of methoxy groups -OCH3 is 1. The predicted octanol–water partition coefficient (Wildman–Crippen LogP) is 0.647. The zero-order valence-corrected chi connectivity index (χ0v) is 8.68. The summed E-state index contributed by atoms with van der Waals surface area (Å²) in [4.78, 5) is 3.95. The lowest BCUT2D eigenvalue weighted by Gasteiger charge is -2.26. The lowest BCUT2D eigenvalue weighted by atomic mass is 9.96. The Kier molecular flexibility index (Phi) is 3.17. The fraction of sp³-hybridized carbons (Fsp3) is 0.778. The summed E-state index contributed by atoms with van der Waals surface area (Å²) >= 11 is 0. The van der Waals surface area contributed by atoms with Crippen molar-refractivity contribution in [3.05, 3.63) is 5.82 Å². The summed E-state index contributed by atoms with van der Waals surface area (Å²) in [5, 5.41) is 3.69. The van der Waals surface area contributed by atoms with Crippen LogP contribution in [-0.2, 0) is 4.74 Å².